The first-order valence-electron chi connectivity index (χ1n) is 8.84. The molecular weight excluding hydrogens is 400 g/mol. The minimum atomic E-state index is -0.716. The van der Waals surface area contributed by atoms with Gasteiger partial charge < -0.3 is 16.0 Å². The monoisotopic (exact) mass is 417 g/mol. The summed E-state index contributed by atoms with van der Waals surface area (Å²) < 4.78 is 27.8. The lowest BCUT2D eigenvalue weighted by Gasteiger charge is -2.42. The zero-order valence-corrected chi connectivity index (χ0v) is 16.1. The molecule has 0 radical (unpaired) electrons. The number of piperidine rings is 1. The molecule has 2 heterocycles. The molecule has 1 amide bonds. The number of hydrogen-bond donors (Lipinski definition) is 2. The summed E-state index contributed by atoms with van der Waals surface area (Å²) in [7, 11) is 0. The second-order valence-corrected chi connectivity index (χ2v) is 6.91. The van der Waals surface area contributed by atoms with Crippen LogP contribution in [0.15, 0.2) is 41.4 Å². The van der Waals surface area contributed by atoms with Gasteiger partial charge in [0.1, 0.15) is 29.2 Å². The Labute approximate surface area is 172 Å². The van der Waals surface area contributed by atoms with Crippen molar-refractivity contribution >= 4 is 29.8 Å². The number of halogens is 3. The number of nitrogens with zero attached hydrogens (tertiary/aromatic N) is 3. The van der Waals surface area contributed by atoms with Crippen molar-refractivity contribution in [2.24, 2.45) is 10.7 Å². The Balaban J connectivity index is 0.00000240. The molecule has 0 aliphatic carbocycles. The first-order chi connectivity index (χ1) is 13.4. The average Bonchev–Trinajstić information content (AvgIpc) is 2.67. The summed E-state index contributed by atoms with van der Waals surface area (Å²) in [6.45, 7) is 0.768. The van der Waals surface area contributed by atoms with Crippen LogP contribution in [0, 0.1) is 23.0 Å². The second kappa shape index (κ2) is 7.68. The second-order valence-electron chi connectivity index (χ2n) is 6.91. The summed E-state index contributed by atoms with van der Waals surface area (Å²) in [4.78, 5) is 18.8. The average molecular weight is 418 g/mol. The Bertz CT molecular complexity index is 1040. The van der Waals surface area contributed by atoms with Gasteiger partial charge in [0.05, 0.1) is 11.1 Å². The van der Waals surface area contributed by atoms with Crippen LogP contribution in [0.5, 0.6) is 0 Å². The van der Waals surface area contributed by atoms with Gasteiger partial charge in [0.2, 0.25) is 0 Å². The zero-order chi connectivity index (χ0) is 19.9. The zero-order valence-electron chi connectivity index (χ0n) is 15.3. The molecule has 0 bridgehead atoms. The number of likely N-dealkylation sites (tertiary alicyclic amines) is 1. The molecule has 0 saturated carbocycles. The third kappa shape index (κ3) is 3.61. The number of nitriles is 1. The molecule has 0 aromatic heterocycles. The number of nitrogens with one attached hydrogen (secondary N) is 1. The molecule has 2 aromatic rings. The Morgan fingerprint density at radius 1 is 1.21 bits per heavy atom. The smallest absolute Gasteiger partial charge is 0.253 e. The van der Waals surface area contributed by atoms with Crippen molar-refractivity contribution < 1.29 is 13.6 Å². The van der Waals surface area contributed by atoms with Crippen molar-refractivity contribution in [3.63, 3.8) is 0 Å². The Morgan fingerprint density at radius 3 is 2.59 bits per heavy atom. The summed E-state index contributed by atoms with van der Waals surface area (Å²) in [6, 6.07) is 10.2. The highest BCUT2D eigenvalue weighted by Crippen LogP contribution is 2.35. The fraction of sp³-hybridized carbons (Fsp3) is 0.250. The first-order valence-corrected chi connectivity index (χ1v) is 8.84. The van der Waals surface area contributed by atoms with Crippen LogP contribution in [0.2, 0.25) is 0 Å². The number of benzene rings is 2. The lowest BCUT2D eigenvalue weighted by Crippen LogP contribution is -2.52. The lowest BCUT2D eigenvalue weighted by molar-refractivity contribution is 0.0685. The van der Waals surface area contributed by atoms with E-state index >= 15 is 0 Å². The van der Waals surface area contributed by atoms with Gasteiger partial charge in [-0.25, -0.2) is 13.8 Å². The number of carbonyl (C=O) groups is 1. The molecule has 150 valence electrons. The molecule has 2 aromatic carbocycles. The highest BCUT2D eigenvalue weighted by Gasteiger charge is 2.39. The number of carbonyl (C=O) groups excluding carboxylic acids is 1. The fourth-order valence-corrected chi connectivity index (χ4v) is 3.69. The molecule has 2 aliphatic rings. The fourth-order valence-electron chi connectivity index (χ4n) is 3.69. The van der Waals surface area contributed by atoms with E-state index in [9.17, 15) is 13.6 Å². The van der Waals surface area contributed by atoms with E-state index in [1.807, 2.05) is 0 Å². The molecule has 29 heavy (non-hydrogen) atoms. The minimum absolute atomic E-state index is 0. The van der Waals surface area contributed by atoms with Crippen LogP contribution in [0.3, 0.4) is 0 Å². The van der Waals surface area contributed by atoms with E-state index < -0.39 is 17.3 Å². The van der Waals surface area contributed by atoms with E-state index in [-0.39, 0.29) is 40.8 Å². The lowest BCUT2D eigenvalue weighted by atomic mass is 9.93. The van der Waals surface area contributed by atoms with E-state index in [2.05, 4.69) is 10.3 Å². The third-order valence-corrected chi connectivity index (χ3v) is 5.19. The Hall–Kier alpha value is -3.18. The summed E-state index contributed by atoms with van der Waals surface area (Å²) in [5.74, 6) is -1.32. The summed E-state index contributed by atoms with van der Waals surface area (Å²) in [6.07, 6.45) is 0.961. The van der Waals surface area contributed by atoms with Crippen LogP contribution >= 0.6 is 12.4 Å². The first kappa shape index (κ1) is 20.6. The standard InChI is InChI=1S/C20H17F2N5O.ClH/c21-14-2-1-3-16-17(14)18(24)26-20(25-16)6-8-27(9-7-20)19(28)12-4-5-13(11-23)15(22)10-12;/h1-5,10,25H,6-9H2,(H2,24,26);1H. The topological polar surface area (TPSA) is 94.5 Å². The maximum atomic E-state index is 14.0. The van der Waals surface area contributed by atoms with Gasteiger partial charge in [-0.05, 0) is 30.3 Å². The van der Waals surface area contributed by atoms with E-state index in [0.29, 0.717) is 31.6 Å². The Kier molecular flexibility index (Phi) is 5.44. The maximum Gasteiger partial charge on any atom is 0.253 e. The predicted octanol–water partition coefficient (Wildman–Crippen LogP) is 3.02. The van der Waals surface area contributed by atoms with Crippen LogP contribution < -0.4 is 11.1 Å². The molecule has 4 rings (SSSR count). The number of nitrogens with two attached hydrogens (primary N) is 1. The van der Waals surface area contributed by atoms with Gasteiger partial charge in [0.15, 0.2) is 0 Å². The van der Waals surface area contributed by atoms with Gasteiger partial charge in [0, 0.05) is 37.2 Å². The van der Waals surface area contributed by atoms with Gasteiger partial charge in [-0.15, -0.1) is 12.4 Å². The molecule has 1 fully saturated rings. The van der Waals surface area contributed by atoms with Gasteiger partial charge in [-0.3, -0.25) is 4.79 Å². The third-order valence-electron chi connectivity index (χ3n) is 5.19. The predicted molar refractivity (Wildman–Crippen MR) is 107 cm³/mol. The molecule has 2 aliphatic heterocycles. The molecule has 6 nitrogen and oxygen atoms in total. The number of aliphatic imine (C=N–C) groups is 1. The van der Waals surface area contributed by atoms with Crippen molar-refractivity contribution in [3.8, 4) is 6.07 Å². The van der Waals surface area contributed by atoms with Gasteiger partial charge in [0.25, 0.3) is 5.91 Å². The number of anilines is 1. The normalized spacial score (nSPS) is 16.7. The van der Waals surface area contributed by atoms with Crippen molar-refractivity contribution in [1.29, 1.82) is 5.26 Å². The van der Waals surface area contributed by atoms with Gasteiger partial charge in [-0.2, -0.15) is 5.26 Å². The Morgan fingerprint density at radius 2 is 1.93 bits per heavy atom. The van der Waals surface area contributed by atoms with Crippen LogP contribution in [-0.4, -0.2) is 35.4 Å². The van der Waals surface area contributed by atoms with Crippen molar-refractivity contribution in [2.45, 2.75) is 18.5 Å². The van der Waals surface area contributed by atoms with Crippen molar-refractivity contribution in [1.82, 2.24) is 4.90 Å². The molecule has 1 saturated heterocycles. The van der Waals surface area contributed by atoms with Gasteiger partial charge in [-0.1, -0.05) is 6.07 Å². The van der Waals surface area contributed by atoms with Crippen molar-refractivity contribution in [2.75, 3.05) is 18.4 Å². The minimum Gasteiger partial charge on any atom is -0.383 e. The number of amides is 1. The molecule has 3 N–H and O–H groups in total. The maximum absolute atomic E-state index is 14.0. The van der Waals surface area contributed by atoms with Crippen LogP contribution in [0.4, 0.5) is 14.5 Å². The van der Waals surface area contributed by atoms with Crippen LogP contribution in [0.25, 0.3) is 0 Å². The quantitative estimate of drug-likeness (QED) is 0.745. The molecule has 0 unspecified atom stereocenters. The van der Waals surface area contributed by atoms with Crippen LogP contribution in [-0.2, 0) is 0 Å². The number of fused-ring (bicyclic) bond motifs is 1. The van der Waals surface area contributed by atoms with E-state index in [1.54, 1.807) is 23.1 Å². The summed E-state index contributed by atoms with van der Waals surface area (Å²) in [5, 5.41) is 12.1. The van der Waals surface area contributed by atoms with E-state index in [1.165, 1.54) is 18.2 Å². The SMILES string of the molecule is Cl.N#Cc1ccc(C(=O)N2CCC3(CC2)N=C(N)c2c(F)cccc2N3)cc1F. The van der Waals surface area contributed by atoms with E-state index in [0.717, 1.165) is 6.07 Å². The highest BCUT2D eigenvalue weighted by atomic mass is 35.5. The van der Waals surface area contributed by atoms with E-state index in [4.69, 9.17) is 11.0 Å². The number of amidine groups is 1. The largest absolute Gasteiger partial charge is 0.383 e. The van der Waals surface area contributed by atoms with Crippen LogP contribution in [0.1, 0.15) is 34.3 Å². The molecule has 9 heteroatoms. The van der Waals surface area contributed by atoms with Gasteiger partial charge >= 0.3 is 0 Å². The van der Waals surface area contributed by atoms with Crippen molar-refractivity contribution in [3.05, 3.63) is 64.7 Å². The highest BCUT2D eigenvalue weighted by molar-refractivity contribution is 6.04. The molecule has 1 spiro atoms. The number of rotatable bonds is 1. The summed E-state index contributed by atoms with van der Waals surface area (Å²) in [5.41, 5.74) is 6.25. The number of hydrogen-bond acceptors (Lipinski definition) is 5. The molecule has 0 atom stereocenters. The molecular formula is C20H18ClF2N5O. The summed E-state index contributed by atoms with van der Waals surface area (Å²) >= 11 is 0.